The van der Waals surface area contributed by atoms with Gasteiger partial charge in [0.05, 0.1) is 6.61 Å². The number of esters is 1. The molecule has 100 valence electrons. The van der Waals surface area contributed by atoms with Gasteiger partial charge >= 0.3 is 5.97 Å². The van der Waals surface area contributed by atoms with Gasteiger partial charge in [0, 0.05) is 6.92 Å². The molecule has 3 nitrogen and oxygen atoms in total. The fourth-order valence-electron chi connectivity index (χ4n) is 1.66. The van der Waals surface area contributed by atoms with Gasteiger partial charge in [-0.3, -0.25) is 4.79 Å². The third kappa shape index (κ3) is 4.78. The van der Waals surface area contributed by atoms with Crippen molar-refractivity contribution in [2.75, 3.05) is 6.61 Å². The lowest BCUT2D eigenvalue weighted by Crippen LogP contribution is -2.05. The van der Waals surface area contributed by atoms with E-state index in [-0.39, 0.29) is 5.97 Å². The first-order chi connectivity index (χ1) is 8.67. The minimum atomic E-state index is -0.322. The van der Waals surface area contributed by atoms with Crippen molar-refractivity contribution < 1.29 is 14.3 Å². The molecule has 1 aromatic carbocycles. The second-order valence-electron chi connectivity index (χ2n) is 4.28. The number of unbranched alkanes of at least 4 members (excludes halogenated alkanes) is 2. The first-order valence-electron chi connectivity index (χ1n) is 6.61. The predicted octanol–water partition coefficient (Wildman–Crippen LogP) is 3.74. The average Bonchev–Trinajstić information content (AvgIpc) is 2.35. The van der Waals surface area contributed by atoms with Crippen LogP contribution in [-0.2, 0) is 11.2 Å². The van der Waals surface area contributed by atoms with E-state index >= 15 is 0 Å². The fourth-order valence-corrected chi connectivity index (χ4v) is 1.66. The molecule has 18 heavy (non-hydrogen) atoms. The molecule has 0 radical (unpaired) electrons. The van der Waals surface area contributed by atoms with Gasteiger partial charge in [-0.1, -0.05) is 32.8 Å². The summed E-state index contributed by atoms with van der Waals surface area (Å²) in [5.41, 5.74) is 1.18. The molecule has 3 heteroatoms. The zero-order valence-corrected chi connectivity index (χ0v) is 11.5. The SMILES string of the molecule is CCCCCOc1cc(CC)ccc1OC(C)=O. The van der Waals surface area contributed by atoms with Crippen LogP contribution < -0.4 is 9.47 Å². The van der Waals surface area contributed by atoms with Crippen molar-refractivity contribution in [3.05, 3.63) is 23.8 Å². The molecular weight excluding hydrogens is 228 g/mol. The minimum absolute atomic E-state index is 0.322. The molecule has 0 N–H and O–H groups in total. The summed E-state index contributed by atoms with van der Waals surface area (Å²) in [4.78, 5) is 11.0. The highest BCUT2D eigenvalue weighted by molar-refractivity contribution is 5.70. The van der Waals surface area contributed by atoms with Crippen LogP contribution in [0.2, 0.25) is 0 Å². The zero-order chi connectivity index (χ0) is 13.4. The molecular formula is C15H22O3. The summed E-state index contributed by atoms with van der Waals surface area (Å²) in [5.74, 6) is 0.856. The maximum absolute atomic E-state index is 11.0. The van der Waals surface area contributed by atoms with Crippen LogP contribution in [0.5, 0.6) is 11.5 Å². The van der Waals surface area contributed by atoms with Crippen LogP contribution in [0.25, 0.3) is 0 Å². The molecule has 0 bridgehead atoms. The fraction of sp³-hybridized carbons (Fsp3) is 0.533. The molecule has 0 aromatic heterocycles. The highest BCUT2D eigenvalue weighted by atomic mass is 16.6. The van der Waals surface area contributed by atoms with Gasteiger partial charge in [-0.2, -0.15) is 0 Å². The Morgan fingerprint density at radius 3 is 2.56 bits per heavy atom. The number of carbonyl (C=O) groups is 1. The van der Waals surface area contributed by atoms with E-state index in [1.54, 1.807) is 6.07 Å². The Balaban J connectivity index is 2.72. The Morgan fingerprint density at radius 1 is 1.17 bits per heavy atom. The molecule has 1 aromatic rings. The van der Waals surface area contributed by atoms with E-state index in [9.17, 15) is 4.79 Å². The minimum Gasteiger partial charge on any atom is -0.490 e. The van der Waals surface area contributed by atoms with Crippen molar-refractivity contribution in [3.8, 4) is 11.5 Å². The van der Waals surface area contributed by atoms with Crippen molar-refractivity contribution in [1.29, 1.82) is 0 Å². The molecule has 0 aliphatic heterocycles. The first-order valence-corrected chi connectivity index (χ1v) is 6.61. The monoisotopic (exact) mass is 250 g/mol. The number of ether oxygens (including phenoxy) is 2. The van der Waals surface area contributed by atoms with Crippen molar-refractivity contribution in [2.45, 2.75) is 46.5 Å². The molecule has 0 saturated carbocycles. The van der Waals surface area contributed by atoms with E-state index in [0.29, 0.717) is 18.1 Å². The number of benzene rings is 1. The number of carbonyl (C=O) groups excluding carboxylic acids is 1. The lowest BCUT2D eigenvalue weighted by Gasteiger charge is -2.12. The summed E-state index contributed by atoms with van der Waals surface area (Å²) in [5, 5.41) is 0. The Labute approximate surface area is 109 Å². The number of hydrogen-bond acceptors (Lipinski definition) is 3. The Kier molecular flexibility index (Phi) is 6.26. The van der Waals surface area contributed by atoms with E-state index in [2.05, 4.69) is 13.8 Å². The number of hydrogen-bond donors (Lipinski definition) is 0. The maximum atomic E-state index is 11.0. The van der Waals surface area contributed by atoms with Gasteiger partial charge in [0.1, 0.15) is 0 Å². The van der Waals surface area contributed by atoms with Crippen LogP contribution in [-0.4, -0.2) is 12.6 Å². The summed E-state index contributed by atoms with van der Waals surface area (Å²) >= 11 is 0. The smallest absolute Gasteiger partial charge is 0.308 e. The van der Waals surface area contributed by atoms with Crippen LogP contribution in [0, 0.1) is 0 Å². The topological polar surface area (TPSA) is 35.5 Å². The predicted molar refractivity (Wildman–Crippen MR) is 72.1 cm³/mol. The Hall–Kier alpha value is -1.51. The van der Waals surface area contributed by atoms with Gasteiger partial charge in [-0.25, -0.2) is 0 Å². The molecule has 0 saturated heterocycles. The molecule has 0 aliphatic carbocycles. The Bertz CT molecular complexity index is 385. The molecule has 0 spiro atoms. The van der Waals surface area contributed by atoms with E-state index in [0.717, 1.165) is 25.7 Å². The van der Waals surface area contributed by atoms with Gasteiger partial charge in [-0.05, 0) is 30.5 Å². The molecule has 0 fully saturated rings. The van der Waals surface area contributed by atoms with E-state index in [1.165, 1.54) is 12.5 Å². The van der Waals surface area contributed by atoms with Crippen molar-refractivity contribution in [2.24, 2.45) is 0 Å². The molecule has 0 amide bonds. The van der Waals surface area contributed by atoms with Crippen molar-refractivity contribution >= 4 is 5.97 Å². The van der Waals surface area contributed by atoms with Crippen molar-refractivity contribution in [1.82, 2.24) is 0 Å². The van der Waals surface area contributed by atoms with Crippen LogP contribution >= 0.6 is 0 Å². The second kappa shape index (κ2) is 7.75. The van der Waals surface area contributed by atoms with Gasteiger partial charge in [0.25, 0.3) is 0 Å². The van der Waals surface area contributed by atoms with Crippen molar-refractivity contribution in [3.63, 3.8) is 0 Å². The summed E-state index contributed by atoms with van der Waals surface area (Å²) in [7, 11) is 0. The summed E-state index contributed by atoms with van der Waals surface area (Å²) < 4.78 is 10.8. The highest BCUT2D eigenvalue weighted by Gasteiger charge is 2.08. The molecule has 0 unspecified atom stereocenters. The normalized spacial score (nSPS) is 10.2. The lowest BCUT2D eigenvalue weighted by molar-refractivity contribution is -0.132. The third-order valence-corrected chi connectivity index (χ3v) is 2.68. The standard InChI is InChI=1S/C15H22O3/c1-4-6-7-10-17-15-11-13(5-2)8-9-14(15)18-12(3)16/h8-9,11H,4-7,10H2,1-3H3. The lowest BCUT2D eigenvalue weighted by atomic mass is 10.1. The zero-order valence-electron chi connectivity index (χ0n) is 11.5. The number of aryl methyl sites for hydroxylation is 1. The summed E-state index contributed by atoms with van der Waals surface area (Å²) in [6.45, 7) is 6.30. The second-order valence-corrected chi connectivity index (χ2v) is 4.28. The van der Waals surface area contributed by atoms with Crippen LogP contribution in [0.15, 0.2) is 18.2 Å². The third-order valence-electron chi connectivity index (χ3n) is 2.68. The summed E-state index contributed by atoms with van der Waals surface area (Å²) in [6, 6.07) is 5.71. The first kappa shape index (κ1) is 14.6. The van der Waals surface area contributed by atoms with E-state index in [1.807, 2.05) is 12.1 Å². The number of rotatable bonds is 7. The highest BCUT2D eigenvalue weighted by Crippen LogP contribution is 2.29. The molecule has 0 atom stereocenters. The largest absolute Gasteiger partial charge is 0.490 e. The van der Waals surface area contributed by atoms with Gasteiger partial charge in [-0.15, -0.1) is 0 Å². The van der Waals surface area contributed by atoms with Gasteiger partial charge < -0.3 is 9.47 Å². The maximum Gasteiger partial charge on any atom is 0.308 e. The van der Waals surface area contributed by atoms with E-state index in [4.69, 9.17) is 9.47 Å². The average molecular weight is 250 g/mol. The molecule has 0 heterocycles. The Morgan fingerprint density at radius 2 is 1.94 bits per heavy atom. The van der Waals surface area contributed by atoms with E-state index < -0.39 is 0 Å². The molecule has 1 rings (SSSR count). The quantitative estimate of drug-likeness (QED) is 0.420. The summed E-state index contributed by atoms with van der Waals surface area (Å²) in [6.07, 6.45) is 4.27. The van der Waals surface area contributed by atoms with Crippen LogP contribution in [0.1, 0.15) is 45.6 Å². The van der Waals surface area contributed by atoms with Crippen LogP contribution in [0.4, 0.5) is 0 Å². The van der Waals surface area contributed by atoms with Gasteiger partial charge in [0.15, 0.2) is 11.5 Å². The van der Waals surface area contributed by atoms with Crippen LogP contribution in [0.3, 0.4) is 0 Å². The molecule has 0 aliphatic rings. The van der Waals surface area contributed by atoms with Gasteiger partial charge in [0.2, 0.25) is 0 Å².